The van der Waals surface area contributed by atoms with Crippen LogP contribution in [0.2, 0.25) is 0 Å². The highest BCUT2D eigenvalue weighted by molar-refractivity contribution is 6.23. The van der Waals surface area contributed by atoms with Crippen molar-refractivity contribution >= 4 is 23.6 Å². The number of unbranched alkanes of at least 4 members (excludes halogenated alkanes) is 2. The molecule has 2 N–H and O–H groups in total. The first-order valence-corrected chi connectivity index (χ1v) is 11.7. The standard InChI is InChI=1S/C24H29N3O6/c28-15-11-24(12-15)13-26(14-24)8-2-1-3-9-33-16-4-5-17-18(10-16)23(32)27(22(17)31)19-6-7-20(29)25-21(19)30/h4-5,10,15,19,28H,1-3,6-9,11-14H2,(H,25,29,30). The molecular formula is C24H29N3O6. The van der Waals surface area contributed by atoms with Gasteiger partial charge >= 0.3 is 0 Å². The summed E-state index contributed by atoms with van der Waals surface area (Å²) in [6.45, 7) is 3.81. The van der Waals surface area contributed by atoms with E-state index in [-0.39, 0.29) is 30.1 Å². The Balaban J connectivity index is 1.07. The van der Waals surface area contributed by atoms with Crippen LogP contribution >= 0.6 is 0 Å². The molecule has 1 atom stereocenters. The zero-order valence-electron chi connectivity index (χ0n) is 18.5. The van der Waals surface area contributed by atoms with E-state index in [1.165, 1.54) is 0 Å². The molecule has 0 aromatic heterocycles. The van der Waals surface area contributed by atoms with Gasteiger partial charge in [-0.2, -0.15) is 0 Å². The number of piperidine rings is 1. The molecule has 0 bridgehead atoms. The molecule has 1 aromatic rings. The average Bonchev–Trinajstić information content (AvgIpc) is 2.97. The van der Waals surface area contributed by atoms with Crippen molar-refractivity contribution in [3.8, 4) is 5.75 Å². The van der Waals surface area contributed by atoms with Crippen molar-refractivity contribution in [2.45, 2.75) is 57.1 Å². The molecule has 1 spiro atoms. The Morgan fingerprint density at radius 2 is 1.79 bits per heavy atom. The summed E-state index contributed by atoms with van der Waals surface area (Å²) in [4.78, 5) is 52.5. The lowest BCUT2D eigenvalue weighted by Crippen LogP contribution is -2.63. The van der Waals surface area contributed by atoms with Gasteiger partial charge in [0.05, 0.1) is 23.8 Å². The van der Waals surface area contributed by atoms with Crippen LogP contribution in [0.1, 0.15) is 65.7 Å². The monoisotopic (exact) mass is 455 g/mol. The normalized spacial score (nSPS) is 24.5. The minimum atomic E-state index is -0.963. The van der Waals surface area contributed by atoms with E-state index in [9.17, 15) is 24.3 Å². The van der Waals surface area contributed by atoms with Crippen molar-refractivity contribution in [2.24, 2.45) is 5.41 Å². The lowest BCUT2D eigenvalue weighted by Gasteiger charge is -2.58. The maximum atomic E-state index is 12.9. The maximum absolute atomic E-state index is 12.9. The molecule has 1 unspecified atom stereocenters. The van der Waals surface area contributed by atoms with E-state index in [4.69, 9.17) is 4.74 Å². The molecule has 1 saturated carbocycles. The molecule has 33 heavy (non-hydrogen) atoms. The number of imide groups is 2. The van der Waals surface area contributed by atoms with Crippen LogP contribution in [-0.4, -0.2) is 76.9 Å². The summed E-state index contributed by atoms with van der Waals surface area (Å²) in [6.07, 6.45) is 5.09. The van der Waals surface area contributed by atoms with Crippen molar-refractivity contribution in [3.05, 3.63) is 29.3 Å². The predicted molar refractivity (Wildman–Crippen MR) is 117 cm³/mol. The van der Waals surface area contributed by atoms with Crippen LogP contribution in [0, 0.1) is 5.41 Å². The van der Waals surface area contributed by atoms with Gasteiger partial charge in [-0.15, -0.1) is 0 Å². The summed E-state index contributed by atoms with van der Waals surface area (Å²) < 4.78 is 5.80. The number of hydrogen-bond acceptors (Lipinski definition) is 7. The number of nitrogens with zero attached hydrogens (tertiary/aromatic N) is 2. The van der Waals surface area contributed by atoms with Gasteiger partial charge < -0.3 is 14.7 Å². The largest absolute Gasteiger partial charge is 0.494 e. The van der Waals surface area contributed by atoms with Crippen LogP contribution in [0.3, 0.4) is 0 Å². The second kappa shape index (κ2) is 8.53. The number of ether oxygens (including phenoxy) is 1. The van der Waals surface area contributed by atoms with Crippen LogP contribution in [-0.2, 0) is 9.59 Å². The van der Waals surface area contributed by atoms with Crippen molar-refractivity contribution in [1.82, 2.24) is 15.1 Å². The fraction of sp³-hybridized carbons (Fsp3) is 0.583. The first-order valence-electron chi connectivity index (χ1n) is 11.7. The number of aliphatic hydroxyl groups is 1. The quantitative estimate of drug-likeness (QED) is 0.445. The molecule has 0 radical (unpaired) electrons. The average molecular weight is 456 g/mol. The molecule has 3 heterocycles. The minimum Gasteiger partial charge on any atom is -0.494 e. The van der Waals surface area contributed by atoms with Crippen LogP contribution in [0.25, 0.3) is 0 Å². The van der Waals surface area contributed by atoms with E-state index in [2.05, 4.69) is 10.2 Å². The molecule has 2 saturated heterocycles. The fourth-order valence-electron chi connectivity index (χ4n) is 5.60. The SMILES string of the molecule is O=C1CCC(N2C(=O)c3ccc(OCCCCCN4CC5(CC(O)C5)C4)cc3C2=O)C(=O)N1. The number of carbonyl (C=O) groups is 4. The van der Waals surface area contributed by atoms with Gasteiger partial charge in [0, 0.05) is 24.9 Å². The van der Waals surface area contributed by atoms with E-state index in [1.54, 1.807) is 18.2 Å². The van der Waals surface area contributed by atoms with Gasteiger partial charge in [0.1, 0.15) is 11.8 Å². The molecule has 3 fully saturated rings. The number of nitrogens with one attached hydrogen (secondary N) is 1. The summed E-state index contributed by atoms with van der Waals surface area (Å²) >= 11 is 0. The molecule has 1 aromatic carbocycles. The highest BCUT2D eigenvalue weighted by Crippen LogP contribution is 2.48. The number of aliphatic hydroxyl groups excluding tert-OH is 1. The summed E-state index contributed by atoms with van der Waals surface area (Å²) in [5, 5.41) is 11.7. The lowest BCUT2D eigenvalue weighted by molar-refractivity contribution is -0.136. The van der Waals surface area contributed by atoms with Crippen molar-refractivity contribution < 1.29 is 29.0 Å². The van der Waals surface area contributed by atoms with Crippen molar-refractivity contribution in [1.29, 1.82) is 0 Å². The van der Waals surface area contributed by atoms with Gasteiger partial charge in [0.2, 0.25) is 11.8 Å². The highest BCUT2D eigenvalue weighted by Gasteiger charge is 2.51. The third kappa shape index (κ3) is 4.15. The molecule has 5 rings (SSSR count). The van der Waals surface area contributed by atoms with E-state index in [1.807, 2.05) is 0 Å². The fourth-order valence-corrected chi connectivity index (χ4v) is 5.60. The van der Waals surface area contributed by atoms with E-state index in [0.29, 0.717) is 17.8 Å². The molecule has 1 aliphatic carbocycles. The van der Waals surface area contributed by atoms with Gasteiger partial charge in [-0.1, -0.05) is 0 Å². The number of amides is 4. The Labute approximate surface area is 192 Å². The molecular weight excluding hydrogens is 426 g/mol. The van der Waals surface area contributed by atoms with Crippen LogP contribution < -0.4 is 10.1 Å². The molecule has 4 aliphatic rings. The number of benzene rings is 1. The third-order valence-electron chi connectivity index (χ3n) is 7.25. The minimum absolute atomic E-state index is 0.0857. The van der Waals surface area contributed by atoms with E-state index >= 15 is 0 Å². The number of fused-ring (bicyclic) bond motifs is 1. The van der Waals surface area contributed by atoms with Gasteiger partial charge in [0.25, 0.3) is 11.8 Å². The second-order valence-corrected chi connectivity index (χ2v) is 9.84. The second-order valence-electron chi connectivity index (χ2n) is 9.84. The number of carbonyl (C=O) groups excluding carboxylic acids is 4. The summed E-state index contributed by atoms with van der Waals surface area (Å²) in [5.41, 5.74) is 0.890. The zero-order chi connectivity index (χ0) is 23.2. The van der Waals surface area contributed by atoms with Gasteiger partial charge in [-0.3, -0.25) is 29.4 Å². The molecule has 9 heteroatoms. The summed E-state index contributed by atoms with van der Waals surface area (Å²) in [6, 6.07) is 3.84. The smallest absolute Gasteiger partial charge is 0.262 e. The zero-order valence-corrected chi connectivity index (χ0v) is 18.5. The number of rotatable bonds is 8. The van der Waals surface area contributed by atoms with Crippen molar-refractivity contribution in [2.75, 3.05) is 26.2 Å². The highest BCUT2D eigenvalue weighted by atomic mass is 16.5. The Morgan fingerprint density at radius 3 is 2.52 bits per heavy atom. The number of hydrogen-bond donors (Lipinski definition) is 2. The molecule has 9 nitrogen and oxygen atoms in total. The van der Waals surface area contributed by atoms with Gasteiger partial charge in [0.15, 0.2) is 0 Å². The molecule has 176 valence electrons. The molecule has 3 aliphatic heterocycles. The predicted octanol–water partition coefficient (Wildman–Crippen LogP) is 1.09. The third-order valence-corrected chi connectivity index (χ3v) is 7.25. The first kappa shape index (κ1) is 22.0. The Kier molecular flexibility index (Phi) is 5.70. The topological polar surface area (TPSA) is 116 Å². The summed E-state index contributed by atoms with van der Waals surface area (Å²) in [5.74, 6) is -1.53. The lowest BCUT2D eigenvalue weighted by atomic mass is 9.62. The Bertz CT molecular complexity index is 994. The van der Waals surface area contributed by atoms with Crippen LogP contribution in [0.5, 0.6) is 5.75 Å². The Hall–Kier alpha value is -2.78. The molecule has 4 amide bonds. The summed E-state index contributed by atoms with van der Waals surface area (Å²) in [7, 11) is 0. The first-order chi connectivity index (χ1) is 15.8. The van der Waals surface area contributed by atoms with E-state index in [0.717, 1.165) is 56.6 Å². The van der Waals surface area contributed by atoms with Gasteiger partial charge in [-0.05, 0) is 63.3 Å². The van der Waals surface area contributed by atoms with Crippen molar-refractivity contribution in [3.63, 3.8) is 0 Å². The van der Waals surface area contributed by atoms with Gasteiger partial charge in [-0.25, -0.2) is 0 Å². The maximum Gasteiger partial charge on any atom is 0.262 e. The van der Waals surface area contributed by atoms with E-state index < -0.39 is 29.7 Å². The van der Waals surface area contributed by atoms with Crippen LogP contribution in [0.15, 0.2) is 18.2 Å². The van der Waals surface area contributed by atoms with Crippen LogP contribution in [0.4, 0.5) is 0 Å². The Morgan fingerprint density at radius 1 is 1.03 bits per heavy atom. The number of likely N-dealkylation sites (tertiary alicyclic amines) is 1.